The molecule has 0 aliphatic carbocycles. The Bertz CT molecular complexity index is 782. The number of hydrogen-bond acceptors (Lipinski definition) is 2. The molecular weight excluding hydrogens is 348 g/mol. The Morgan fingerprint density at radius 3 is 2.70 bits per heavy atom. The zero-order valence-electron chi connectivity index (χ0n) is 15.6. The van der Waals surface area contributed by atoms with Gasteiger partial charge in [0.05, 0.1) is 12.1 Å². The van der Waals surface area contributed by atoms with E-state index in [0.29, 0.717) is 24.0 Å². The number of aliphatic imine (C=N–C) groups is 1. The van der Waals surface area contributed by atoms with Gasteiger partial charge in [-0.25, -0.2) is 8.78 Å². The Kier molecular flexibility index (Phi) is 6.40. The molecule has 3 atom stereocenters. The number of halogens is 2. The zero-order chi connectivity index (χ0) is 19.2. The summed E-state index contributed by atoms with van der Waals surface area (Å²) in [6, 6.07) is 13.4. The van der Waals surface area contributed by atoms with Crippen LogP contribution in [0, 0.1) is 17.6 Å². The van der Waals surface area contributed by atoms with E-state index in [9.17, 15) is 8.78 Å². The summed E-state index contributed by atoms with van der Waals surface area (Å²) in [6.45, 7) is 3.24. The molecule has 1 heterocycles. The van der Waals surface area contributed by atoms with Gasteiger partial charge in [0.25, 0.3) is 0 Å². The molecule has 27 heavy (non-hydrogen) atoms. The summed E-state index contributed by atoms with van der Waals surface area (Å²) in [5.74, 6) is -0.258. The van der Waals surface area contributed by atoms with Crippen LogP contribution in [0.1, 0.15) is 36.6 Å². The number of nitrogens with zero attached hydrogens (tertiary/aromatic N) is 1. The van der Waals surface area contributed by atoms with Gasteiger partial charge in [0, 0.05) is 37.7 Å². The van der Waals surface area contributed by atoms with Gasteiger partial charge in [0.1, 0.15) is 11.6 Å². The molecule has 0 aromatic heterocycles. The van der Waals surface area contributed by atoms with Crippen molar-refractivity contribution in [3.05, 3.63) is 71.3 Å². The van der Waals surface area contributed by atoms with Crippen LogP contribution in [0.15, 0.2) is 53.5 Å². The van der Waals surface area contributed by atoms with Gasteiger partial charge in [-0.05, 0) is 25.0 Å². The van der Waals surface area contributed by atoms with Gasteiger partial charge in [0.2, 0.25) is 0 Å². The number of benzene rings is 2. The molecule has 0 bridgehead atoms. The Morgan fingerprint density at radius 2 is 2.00 bits per heavy atom. The lowest BCUT2D eigenvalue weighted by Gasteiger charge is -2.23. The van der Waals surface area contributed by atoms with Crippen LogP contribution in [0.5, 0.6) is 0 Å². The molecule has 0 radical (unpaired) electrons. The fourth-order valence-electron chi connectivity index (χ4n) is 3.41. The maximum atomic E-state index is 14.0. The highest BCUT2D eigenvalue weighted by molar-refractivity contribution is 5.80. The lowest BCUT2D eigenvalue weighted by atomic mass is 9.95. The van der Waals surface area contributed by atoms with Crippen molar-refractivity contribution in [2.45, 2.75) is 25.5 Å². The Labute approximate surface area is 158 Å². The smallest absolute Gasteiger partial charge is 0.191 e. The van der Waals surface area contributed by atoms with Crippen molar-refractivity contribution in [3.63, 3.8) is 0 Å². The summed E-state index contributed by atoms with van der Waals surface area (Å²) >= 11 is 0. The third-order valence-electron chi connectivity index (χ3n) is 4.88. The lowest BCUT2D eigenvalue weighted by molar-refractivity contribution is 0.0915. The van der Waals surface area contributed by atoms with Crippen LogP contribution in [-0.2, 0) is 4.74 Å². The first-order valence-corrected chi connectivity index (χ1v) is 9.17. The number of guanidine groups is 1. The van der Waals surface area contributed by atoms with Gasteiger partial charge in [-0.1, -0.05) is 36.4 Å². The van der Waals surface area contributed by atoms with Crippen molar-refractivity contribution < 1.29 is 13.5 Å². The van der Waals surface area contributed by atoms with Gasteiger partial charge < -0.3 is 15.4 Å². The Balaban J connectivity index is 1.59. The van der Waals surface area contributed by atoms with Crippen molar-refractivity contribution in [2.24, 2.45) is 10.9 Å². The van der Waals surface area contributed by atoms with Crippen LogP contribution in [0.3, 0.4) is 0 Å². The van der Waals surface area contributed by atoms with Crippen LogP contribution < -0.4 is 10.6 Å². The highest BCUT2D eigenvalue weighted by atomic mass is 19.1. The molecule has 144 valence electrons. The molecule has 3 rings (SSSR count). The third-order valence-corrected chi connectivity index (χ3v) is 4.88. The quantitative estimate of drug-likeness (QED) is 0.616. The average molecular weight is 373 g/mol. The van der Waals surface area contributed by atoms with E-state index in [0.717, 1.165) is 19.1 Å². The van der Waals surface area contributed by atoms with Crippen LogP contribution in [0.2, 0.25) is 0 Å². The molecule has 0 spiro atoms. The fraction of sp³-hybridized carbons (Fsp3) is 0.381. The maximum absolute atomic E-state index is 14.0. The number of rotatable bonds is 5. The zero-order valence-corrected chi connectivity index (χ0v) is 15.6. The minimum atomic E-state index is -0.584. The van der Waals surface area contributed by atoms with E-state index >= 15 is 0 Å². The highest BCUT2D eigenvalue weighted by Crippen LogP contribution is 2.33. The number of hydrogen-bond donors (Lipinski definition) is 2. The van der Waals surface area contributed by atoms with E-state index in [1.54, 1.807) is 7.05 Å². The summed E-state index contributed by atoms with van der Waals surface area (Å²) in [6.07, 6.45) is 1.02. The van der Waals surface area contributed by atoms with Crippen LogP contribution in [0.25, 0.3) is 0 Å². The lowest BCUT2D eigenvalue weighted by Crippen LogP contribution is -2.41. The molecule has 0 saturated carbocycles. The Morgan fingerprint density at radius 1 is 1.22 bits per heavy atom. The van der Waals surface area contributed by atoms with E-state index in [1.807, 2.05) is 25.1 Å². The molecule has 6 heteroatoms. The highest BCUT2D eigenvalue weighted by Gasteiger charge is 2.29. The molecule has 4 nitrogen and oxygen atoms in total. The van der Waals surface area contributed by atoms with Crippen LogP contribution in [0.4, 0.5) is 8.78 Å². The predicted molar refractivity (Wildman–Crippen MR) is 103 cm³/mol. The molecule has 1 saturated heterocycles. The SMILES string of the molecule is CN=C(NCC1CCOC1c1ccccc1)NC(C)c1ccc(F)cc1F. The summed E-state index contributed by atoms with van der Waals surface area (Å²) in [4.78, 5) is 4.22. The van der Waals surface area contributed by atoms with Gasteiger partial charge in [0.15, 0.2) is 5.96 Å². The number of ether oxygens (including phenoxy) is 1. The molecular formula is C21H25F2N3O. The average Bonchev–Trinajstić information content (AvgIpc) is 3.14. The Hall–Kier alpha value is -2.47. The molecule has 2 aromatic rings. The first kappa shape index (κ1) is 19.3. The molecule has 2 aromatic carbocycles. The van der Waals surface area contributed by atoms with Gasteiger partial charge in [-0.2, -0.15) is 0 Å². The van der Waals surface area contributed by atoms with Crippen molar-refractivity contribution in [2.75, 3.05) is 20.2 Å². The van der Waals surface area contributed by atoms with Crippen molar-refractivity contribution >= 4 is 5.96 Å². The van der Waals surface area contributed by atoms with E-state index < -0.39 is 11.6 Å². The molecule has 1 aliphatic heterocycles. The van der Waals surface area contributed by atoms with Gasteiger partial charge in [-0.15, -0.1) is 0 Å². The van der Waals surface area contributed by atoms with Crippen molar-refractivity contribution in [1.82, 2.24) is 10.6 Å². The van der Waals surface area contributed by atoms with Crippen LogP contribution >= 0.6 is 0 Å². The second-order valence-corrected chi connectivity index (χ2v) is 6.74. The van der Waals surface area contributed by atoms with Gasteiger partial charge in [-0.3, -0.25) is 4.99 Å². The third kappa shape index (κ3) is 4.83. The van der Waals surface area contributed by atoms with Crippen LogP contribution in [-0.4, -0.2) is 26.2 Å². The van der Waals surface area contributed by atoms with E-state index in [2.05, 4.69) is 27.8 Å². The summed E-state index contributed by atoms with van der Waals surface area (Å²) in [5, 5.41) is 6.46. The van der Waals surface area contributed by atoms with Crippen molar-refractivity contribution in [3.8, 4) is 0 Å². The normalized spacial score (nSPS) is 21.1. The van der Waals surface area contributed by atoms with E-state index in [-0.39, 0.29) is 12.1 Å². The second kappa shape index (κ2) is 8.95. The topological polar surface area (TPSA) is 45.7 Å². The molecule has 3 unspecified atom stereocenters. The second-order valence-electron chi connectivity index (χ2n) is 6.74. The largest absolute Gasteiger partial charge is 0.373 e. The maximum Gasteiger partial charge on any atom is 0.191 e. The first-order valence-electron chi connectivity index (χ1n) is 9.17. The molecule has 0 amide bonds. The molecule has 1 aliphatic rings. The van der Waals surface area contributed by atoms with E-state index in [4.69, 9.17) is 4.74 Å². The fourth-order valence-corrected chi connectivity index (χ4v) is 3.41. The monoisotopic (exact) mass is 373 g/mol. The van der Waals surface area contributed by atoms with E-state index in [1.165, 1.54) is 17.7 Å². The standard InChI is InChI=1S/C21H25F2N3O/c1-14(18-9-8-17(22)12-19(18)23)26-21(24-2)25-13-16-10-11-27-20(16)15-6-4-3-5-7-15/h3-9,12,14,16,20H,10-11,13H2,1-2H3,(H2,24,25,26). The first-order chi connectivity index (χ1) is 13.1. The minimum absolute atomic E-state index is 0.0590. The number of nitrogens with one attached hydrogen (secondary N) is 2. The summed E-state index contributed by atoms with van der Waals surface area (Å²) in [5.41, 5.74) is 1.57. The molecule has 1 fully saturated rings. The summed E-state index contributed by atoms with van der Waals surface area (Å²) in [7, 11) is 1.67. The van der Waals surface area contributed by atoms with Gasteiger partial charge >= 0.3 is 0 Å². The van der Waals surface area contributed by atoms with Crippen molar-refractivity contribution in [1.29, 1.82) is 0 Å². The minimum Gasteiger partial charge on any atom is -0.373 e. The molecule has 2 N–H and O–H groups in total. The predicted octanol–water partition coefficient (Wildman–Crippen LogP) is 3.97. The summed E-state index contributed by atoms with van der Waals surface area (Å²) < 4.78 is 33.0.